The van der Waals surface area contributed by atoms with Crippen molar-refractivity contribution >= 4 is 6.79 Å². The zero-order valence-electron chi connectivity index (χ0n) is 3.50. The Morgan fingerprint density at radius 3 is 1.88 bits per heavy atom. The molecule has 0 aromatic carbocycles. The third kappa shape index (κ3) is 15.8. The van der Waals surface area contributed by atoms with Crippen LogP contribution in [0.1, 0.15) is 0 Å². The fourth-order valence-corrected chi connectivity index (χ4v) is 0.875. The highest BCUT2D eigenvalue weighted by Gasteiger charge is 2.19. The average molecular weight is 348 g/mol. The minimum atomic E-state index is -3.57. The first-order valence-electron chi connectivity index (χ1n) is 1.06. The van der Waals surface area contributed by atoms with Gasteiger partial charge in [0.05, 0.1) is 0 Å². The maximum Gasteiger partial charge on any atom is 0.572 e. The van der Waals surface area contributed by atoms with E-state index < -0.39 is 43.1 Å². The van der Waals surface area contributed by atoms with Gasteiger partial charge in [-0.2, -0.15) is 0 Å². The van der Waals surface area contributed by atoms with Crippen molar-refractivity contribution in [1.29, 1.82) is 0 Å². The second kappa shape index (κ2) is 10.9. The molecular formula is CH2I2O5. The molecule has 0 bridgehead atoms. The summed E-state index contributed by atoms with van der Waals surface area (Å²) in [6.45, 7) is 2.00. The van der Waals surface area contributed by atoms with E-state index in [1.54, 1.807) is 0 Å². The maximum atomic E-state index is 9.33. The van der Waals surface area contributed by atoms with Crippen LogP contribution in [0.15, 0.2) is 0 Å². The highest BCUT2D eigenvalue weighted by atomic mass is 127. The number of halogens is 2. The van der Waals surface area contributed by atoms with E-state index in [1.807, 2.05) is 6.79 Å². The van der Waals surface area contributed by atoms with Crippen LogP contribution in [0.4, 0.5) is 0 Å². The fourth-order valence-electron chi connectivity index (χ4n) is 0.0194. The van der Waals surface area contributed by atoms with E-state index in [2.05, 4.69) is 1.40 Å². The summed E-state index contributed by atoms with van der Waals surface area (Å²) in [5, 5.41) is 0. The van der Waals surface area contributed by atoms with Crippen LogP contribution >= 0.6 is 0 Å². The van der Waals surface area contributed by atoms with Crippen LogP contribution in [0.25, 0.3) is 0 Å². The second-order valence-electron chi connectivity index (χ2n) is 0.310. The number of rotatable bonds is 2. The highest BCUT2D eigenvalue weighted by Crippen LogP contribution is 0.648. The predicted octanol–water partition coefficient (Wildman–Crippen LogP) is -9.81. The van der Waals surface area contributed by atoms with Crippen molar-refractivity contribution in [2.45, 2.75) is 0 Å². The largest absolute Gasteiger partial charge is 0.572 e. The Hall–Kier alpha value is 0.970. The first-order valence-corrected chi connectivity index (χ1v) is 5.46. The number of hydrogen-bond acceptors (Lipinski definition) is 5. The van der Waals surface area contributed by atoms with Crippen molar-refractivity contribution < 1.29 is 59.6 Å². The predicted molar refractivity (Wildman–Crippen MR) is 8.21 cm³/mol. The van der Waals surface area contributed by atoms with Crippen LogP contribution in [-0.2, 0) is 6.19 Å². The van der Waals surface area contributed by atoms with Gasteiger partial charge in [0.1, 0.15) is 6.79 Å². The van der Waals surface area contributed by atoms with Gasteiger partial charge in [0.15, 0.2) is 0 Å². The summed E-state index contributed by atoms with van der Waals surface area (Å²) in [6, 6.07) is 0. The van der Waals surface area contributed by atoms with Crippen LogP contribution in [0.2, 0.25) is 0 Å². The Kier molecular flexibility index (Phi) is 15.9. The molecular weight excluding hydrogens is 346 g/mol. The second-order valence-corrected chi connectivity index (χ2v) is 4.31. The Labute approximate surface area is 66.1 Å². The molecule has 0 saturated heterocycles. The quantitative estimate of drug-likeness (QED) is 0.462. The molecule has 8 heavy (non-hydrogen) atoms. The summed E-state index contributed by atoms with van der Waals surface area (Å²) in [4.78, 5) is 8.00. The molecule has 0 aromatic heterocycles. The van der Waals surface area contributed by atoms with E-state index in [1.165, 1.54) is 0 Å². The smallest absolute Gasteiger partial charge is 0.561 e. The molecule has 0 aliphatic carbocycles. The SMILES string of the molecule is C=O.[O-][I+]O[I+2]([O-])[O-]. The molecule has 0 N–H and O–H groups in total. The molecule has 5 nitrogen and oxygen atoms in total. The van der Waals surface area contributed by atoms with Gasteiger partial charge in [-0.15, -0.1) is 0 Å². The monoisotopic (exact) mass is 348 g/mol. The Balaban J connectivity index is 0. The van der Waals surface area contributed by atoms with E-state index in [0.29, 0.717) is 0 Å². The highest BCUT2D eigenvalue weighted by molar-refractivity contribution is 5.10. The topological polar surface area (TPSA) is 95.5 Å². The van der Waals surface area contributed by atoms with Crippen LogP contribution in [0.3, 0.4) is 0 Å². The first-order chi connectivity index (χ1) is 3.77. The molecule has 0 saturated carbocycles. The Morgan fingerprint density at radius 1 is 1.50 bits per heavy atom. The summed E-state index contributed by atoms with van der Waals surface area (Å²) >= 11 is -5.31. The summed E-state index contributed by atoms with van der Waals surface area (Å²) in [6.07, 6.45) is 0. The number of hydrogen-bond donors (Lipinski definition) is 0. The lowest BCUT2D eigenvalue weighted by atomic mass is 11.9. The van der Waals surface area contributed by atoms with E-state index in [0.717, 1.165) is 0 Å². The minimum Gasteiger partial charge on any atom is -0.561 e. The summed E-state index contributed by atoms with van der Waals surface area (Å²) < 4.78 is 31.6. The molecule has 0 heterocycles. The van der Waals surface area contributed by atoms with Gasteiger partial charge in [-0.05, 0) is 0 Å². The zero-order chi connectivity index (χ0) is 6.99. The summed E-state index contributed by atoms with van der Waals surface area (Å²) in [7, 11) is 0. The van der Waals surface area contributed by atoms with E-state index in [9.17, 15) is 10.3 Å². The fraction of sp³-hybridized carbons (Fsp3) is 0. The Bertz CT molecular complexity index is 39.4. The molecule has 0 rings (SSSR count). The molecule has 0 amide bonds. The van der Waals surface area contributed by atoms with Gasteiger partial charge in [0.25, 0.3) is 0 Å². The molecule has 0 radical (unpaired) electrons. The van der Waals surface area contributed by atoms with Crippen molar-refractivity contribution in [3.8, 4) is 0 Å². The normalized spacial score (nSPS) is 8.00. The molecule has 0 spiro atoms. The van der Waals surface area contributed by atoms with Crippen molar-refractivity contribution in [3.63, 3.8) is 0 Å². The summed E-state index contributed by atoms with van der Waals surface area (Å²) in [5.74, 6) is 0. The van der Waals surface area contributed by atoms with Crippen LogP contribution in [-0.4, -0.2) is 6.79 Å². The molecule has 0 aliphatic heterocycles. The summed E-state index contributed by atoms with van der Waals surface area (Å²) in [5.41, 5.74) is 0. The van der Waals surface area contributed by atoms with E-state index in [-0.39, 0.29) is 0 Å². The van der Waals surface area contributed by atoms with E-state index in [4.69, 9.17) is 4.79 Å². The van der Waals surface area contributed by atoms with Crippen LogP contribution in [0.5, 0.6) is 0 Å². The van der Waals surface area contributed by atoms with Crippen molar-refractivity contribution in [2.75, 3.05) is 0 Å². The zero-order valence-corrected chi connectivity index (χ0v) is 7.82. The lowest BCUT2D eigenvalue weighted by Gasteiger charge is -1.73. The van der Waals surface area contributed by atoms with Gasteiger partial charge in [-0.1, -0.05) is 0 Å². The van der Waals surface area contributed by atoms with Gasteiger partial charge in [-0.25, -0.2) is 0 Å². The number of carbonyl (C=O) groups is 1. The molecule has 0 atom stereocenters. The van der Waals surface area contributed by atoms with Crippen LogP contribution < -0.4 is 53.4 Å². The van der Waals surface area contributed by atoms with Gasteiger partial charge in [-0.3, -0.25) is 0 Å². The maximum absolute atomic E-state index is 9.33. The lowest BCUT2D eigenvalue weighted by Crippen LogP contribution is -4.07. The van der Waals surface area contributed by atoms with Crippen molar-refractivity contribution in [2.24, 2.45) is 0 Å². The standard InChI is InChI=1S/CH2O.I2O4/c1-2;3-1-6-2(4)5/h1H2;. The van der Waals surface area contributed by atoms with Gasteiger partial charge >= 0.3 is 43.1 Å². The minimum absolute atomic E-state index is 1.74. The van der Waals surface area contributed by atoms with Gasteiger partial charge < -0.3 is 15.1 Å². The van der Waals surface area contributed by atoms with Gasteiger partial charge in [0, 0.05) is 0 Å². The third-order valence-electron chi connectivity index (χ3n) is 0.0714. The molecule has 50 valence electrons. The lowest BCUT2D eigenvalue weighted by molar-refractivity contribution is -1.70. The molecule has 0 aromatic rings. The molecule has 0 unspecified atom stereocenters. The van der Waals surface area contributed by atoms with Crippen molar-refractivity contribution in [3.05, 3.63) is 0 Å². The van der Waals surface area contributed by atoms with Gasteiger partial charge in [0.2, 0.25) is 1.40 Å². The number of carbonyl (C=O) groups excluding carboxylic acids is 1. The van der Waals surface area contributed by atoms with E-state index >= 15 is 0 Å². The van der Waals surface area contributed by atoms with Crippen LogP contribution in [0, 0.1) is 0 Å². The third-order valence-corrected chi connectivity index (χ3v) is 3.21. The Morgan fingerprint density at radius 2 is 1.88 bits per heavy atom. The average Bonchev–Trinajstić information content (AvgIpc) is 1.72. The molecule has 0 aliphatic rings. The molecule has 0 fully saturated rings. The first kappa shape index (κ1) is 11.7. The molecule has 7 heteroatoms. The van der Waals surface area contributed by atoms with Crippen molar-refractivity contribution in [1.82, 2.24) is 0 Å².